The van der Waals surface area contributed by atoms with Crippen molar-refractivity contribution in [3.05, 3.63) is 108 Å². The van der Waals surface area contributed by atoms with Crippen LogP contribution in [0.4, 0.5) is 0 Å². The second-order valence-electron chi connectivity index (χ2n) is 11.1. The largest absolute Gasteiger partial charge is 0.480 e. The van der Waals surface area contributed by atoms with Crippen molar-refractivity contribution in [2.45, 2.75) is 50.4 Å². The fourth-order valence-electron chi connectivity index (χ4n) is 5.36. The Morgan fingerprint density at radius 1 is 0.667 bits per heavy atom. The lowest BCUT2D eigenvalue weighted by molar-refractivity contribution is -0.142. The zero-order valence-corrected chi connectivity index (χ0v) is 24.7. The third kappa shape index (κ3) is 7.57. The van der Waals surface area contributed by atoms with Gasteiger partial charge >= 0.3 is 5.97 Å². The molecule has 0 unspecified atom stereocenters. The van der Waals surface area contributed by atoms with Gasteiger partial charge in [0.25, 0.3) is 0 Å². The van der Waals surface area contributed by atoms with Gasteiger partial charge in [0, 0.05) is 47.0 Å². The number of carboxylic acids is 1. The van der Waals surface area contributed by atoms with E-state index in [2.05, 4.69) is 25.9 Å². The number of hydrogen-bond donors (Lipinski definition) is 7. The first kappa shape index (κ1) is 31.0. The summed E-state index contributed by atoms with van der Waals surface area (Å²) in [5, 5.41) is 19.7. The molecule has 0 aliphatic heterocycles. The van der Waals surface area contributed by atoms with Crippen molar-refractivity contribution in [3.8, 4) is 0 Å². The van der Waals surface area contributed by atoms with E-state index in [0.29, 0.717) is 0 Å². The number of nitrogens with two attached hydrogens (primary N) is 1. The van der Waals surface area contributed by atoms with Gasteiger partial charge in [-0.1, -0.05) is 66.7 Å². The molecule has 5 rings (SSSR count). The third-order valence-corrected chi connectivity index (χ3v) is 7.83. The number of H-pyrrole nitrogens is 2. The number of aromatic amines is 2. The van der Waals surface area contributed by atoms with Crippen LogP contribution in [-0.2, 0) is 38.4 Å². The minimum Gasteiger partial charge on any atom is -0.480 e. The number of hydrogen-bond acceptors (Lipinski definition) is 5. The van der Waals surface area contributed by atoms with Gasteiger partial charge in [0.15, 0.2) is 0 Å². The average molecular weight is 609 g/mol. The highest BCUT2D eigenvalue weighted by Gasteiger charge is 2.30. The van der Waals surface area contributed by atoms with Crippen LogP contribution in [0.2, 0.25) is 0 Å². The summed E-state index contributed by atoms with van der Waals surface area (Å²) >= 11 is 0. The number of carbonyl (C=O) groups excluding carboxylic acids is 3. The molecule has 0 aliphatic rings. The van der Waals surface area contributed by atoms with Gasteiger partial charge in [0.05, 0.1) is 6.04 Å². The molecule has 0 saturated carbocycles. The van der Waals surface area contributed by atoms with Gasteiger partial charge in [-0.2, -0.15) is 0 Å². The molecule has 11 heteroatoms. The summed E-state index contributed by atoms with van der Waals surface area (Å²) in [5.41, 5.74) is 10.4. The highest BCUT2D eigenvalue weighted by atomic mass is 16.4. The standard InChI is InChI=1S/C34H36N6O5/c1-20(38-32(42)26(35)16-22-18-36-27-13-7-5-11-24(22)27)31(41)39-29(17-23-19-37-28-14-8-6-12-25(23)28)33(43)40-30(34(44)45)15-21-9-3-2-4-10-21/h2-14,18-20,26,29-30,36-37H,15-17,35H2,1H3,(H,38,42)(H,39,41)(H,40,43)(H,44,45)/t20-,26+,29-,30+/m0/s1. The predicted molar refractivity (Wildman–Crippen MR) is 171 cm³/mol. The summed E-state index contributed by atoms with van der Waals surface area (Å²) < 4.78 is 0. The molecule has 0 saturated heterocycles. The van der Waals surface area contributed by atoms with Crippen LogP contribution < -0.4 is 21.7 Å². The van der Waals surface area contributed by atoms with Crippen molar-refractivity contribution < 1.29 is 24.3 Å². The smallest absolute Gasteiger partial charge is 0.326 e. The van der Waals surface area contributed by atoms with E-state index in [1.807, 2.05) is 60.8 Å². The quantitative estimate of drug-likeness (QED) is 0.108. The molecule has 232 valence electrons. The Hall–Kier alpha value is -5.42. The van der Waals surface area contributed by atoms with Gasteiger partial charge in [0.1, 0.15) is 18.1 Å². The minimum atomic E-state index is -1.22. The molecule has 0 fully saturated rings. The summed E-state index contributed by atoms with van der Waals surface area (Å²) in [6.45, 7) is 1.50. The SMILES string of the molecule is C[C@H](NC(=O)[C@H](N)Cc1c[nH]c2ccccc12)C(=O)N[C@@H](Cc1c[nH]c2ccccc12)C(=O)N[C@H](Cc1ccccc1)C(=O)O. The summed E-state index contributed by atoms with van der Waals surface area (Å²) in [4.78, 5) is 58.3. The maximum atomic E-state index is 13.6. The molecule has 2 aromatic heterocycles. The number of fused-ring (bicyclic) bond motifs is 2. The number of amides is 3. The van der Waals surface area contributed by atoms with Crippen molar-refractivity contribution >= 4 is 45.5 Å². The molecular weight excluding hydrogens is 572 g/mol. The molecule has 45 heavy (non-hydrogen) atoms. The molecule has 11 nitrogen and oxygen atoms in total. The van der Waals surface area contributed by atoms with Crippen LogP contribution in [0.1, 0.15) is 23.6 Å². The maximum absolute atomic E-state index is 13.6. The van der Waals surface area contributed by atoms with E-state index in [1.165, 1.54) is 6.92 Å². The van der Waals surface area contributed by atoms with Crippen molar-refractivity contribution in [1.29, 1.82) is 0 Å². The Balaban J connectivity index is 1.28. The molecule has 3 aromatic carbocycles. The van der Waals surface area contributed by atoms with Crippen molar-refractivity contribution in [2.75, 3.05) is 0 Å². The highest BCUT2D eigenvalue weighted by molar-refractivity contribution is 5.95. The van der Waals surface area contributed by atoms with Crippen molar-refractivity contribution in [2.24, 2.45) is 5.73 Å². The molecule has 0 radical (unpaired) electrons. The molecular formula is C34H36N6O5. The first-order chi connectivity index (χ1) is 21.7. The van der Waals surface area contributed by atoms with Crippen LogP contribution in [0.3, 0.4) is 0 Å². The second kappa shape index (κ2) is 13.9. The fraction of sp³-hybridized carbons (Fsp3) is 0.235. The number of carbonyl (C=O) groups is 4. The Morgan fingerprint density at radius 3 is 1.80 bits per heavy atom. The van der Waals surface area contributed by atoms with Gasteiger partial charge in [-0.15, -0.1) is 0 Å². The Kier molecular flexibility index (Phi) is 9.59. The van der Waals surface area contributed by atoms with E-state index < -0.39 is 47.9 Å². The first-order valence-corrected chi connectivity index (χ1v) is 14.7. The van der Waals surface area contributed by atoms with E-state index in [-0.39, 0.29) is 19.3 Å². The zero-order valence-electron chi connectivity index (χ0n) is 24.7. The number of nitrogens with one attached hydrogen (secondary N) is 5. The van der Waals surface area contributed by atoms with E-state index >= 15 is 0 Å². The molecule has 0 spiro atoms. The molecule has 3 amide bonds. The van der Waals surface area contributed by atoms with E-state index in [4.69, 9.17) is 5.73 Å². The monoisotopic (exact) mass is 608 g/mol. The average Bonchev–Trinajstić information content (AvgIpc) is 3.64. The van der Waals surface area contributed by atoms with Gasteiger partial charge in [-0.3, -0.25) is 14.4 Å². The van der Waals surface area contributed by atoms with Gasteiger partial charge in [-0.25, -0.2) is 4.79 Å². The van der Waals surface area contributed by atoms with E-state index in [0.717, 1.165) is 38.5 Å². The Labute approximate surface area is 259 Å². The number of benzene rings is 3. The number of aromatic nitrogens is 2. The topological polar surface area (TPSA) is 182 Å². The summed E-state index contributed by atoms with van der Waals surface area (Å²) in [7, 11) is 0. The number of para-hydroxylation sites is 2. The van der Waals surface area contributed by atoms with Gasteiger partial charge in [-0.05, 0) is 42.2 Å². The second-order valence-corrected chi connectivity index (χ2v) is 11.1. The van der Waals surface area contributed by atoms with Crippen LogP contribution >= 0.6 is 0 Å². The lowest BCUT2D eigenvalue weighted by Crippen LogP contribution is -2.57. The molecule has 2 heterocycles. The number of aliphatic carboxylic acids is 1. The van der Waals surface area contributed by atoms with Crippen LogP contribution in [0, 0.1) is 0 Å². The highest BCUT2D eigenvalue weighted by Crippen LogP contribution is 2.20. The number of rotatable bonds is 13. The first-order valence-electron chi connectivity index (χ1n) is 14.7. The van der Waals surface area contributed by atoms with E-state index in [9.17, 15) is 24.3 Å². The van der Waals surface area contributed by atoms with E-state index in [1.54, 1.807) is 30.5 Å². The number of carboxylic acid groups (broad SMARTS) is 1. The molecule has 0 bridgehead atoms. The molecule has 5 aromatic rings. The Morgan fingerprint density at radius 2 is 1.20 bits per heavy atom. The summed E-state index contributed by atoms with van der Waals surface area (Å²) in [6.07, 6.45) is 3.97. The molecule has 8 N–H and O–H groups in total. The van der Waals surface area contributed by atoms with Crippen molar-refractivity contribution in [3.63, 3.8) is 0 Å². The Bertz CT molecular complexity index is 1810. The van der Waals surface area contributed by atoms with Gasteiger partial charge in [0.2, 0.25) is 17.7 Å². The summed E-state index contributed by atoms with van der Waals surface area (Å²) in [6, 6.07) is 19.9. The van der Waals surface area contributed by atoms with Crippen molar-refractivity contribution in [1.82, 2.24) is 25.9 Å². The predicted octanol–water partition coefficient (Wildman–Crippen LogP) is 2.56. The van der Waals surface area contributed by atoms with Crippen LogP contribution in [0.5, 0.6) is 0 Å². The maximum Gasteiger partial charge on any atom is 0.326 e. The third-order valence-electron chi connectivity index (χ3n) is 7.83. The van der Waals surface area contributed by atoms with Crippen LogP contribution in [-0.4, -0.2) is 62.9 Å². The zero-order chi connectivity index (χ0) is 31.9. The molecule has 0 aliphatic carbocycles. The van der Waals surface area contributed by atoms with Gasteiger partial charge < -0.3 is 36.8 Å². The van der Waals surface area contributed by atoms with Crippen LogP contribution in [0.15, 0.2) is 91.3 Å². The normalized spacial score (nSPS) is 13.9. The summed E-state index contributed by atoms with van der Waals surface area (Å²) in [5.74, 6) is -2.99. The minimum absolute atomic E-state index is 0.0659. The van der Waals surface area contributed by atoms with Crippen LogP contribution in [0.25, 0.3) is 21.8 Å². The lowest BCUT2D eigenvalue weighted by Gasteiger charge is -2.24. The fourth-order valence-corrected chi connectivity index (χ4v) is 5.36. The molecule has 4 atom stereocenters. The lowest BCUT2D eigenvalue weighted by atomic mass is 10.0.